The summed E-state index contributed by atoms with van der Waals surface area (Å²) >= 11 is 0. The van der Waals surface area contributed by atoms with Crippen molar-refractivity contribution in [3.05, 3.63) is 52.1 Å². The number of alkyl halides is 1. The first-order valence-corrected chi connectivity index (χ1v) is 8.75. The Kier molecular flexibility index (Phi) is 4.75. The van der Waals surface area contributed by atoms with Gasteiger partial charge in [-0.3, -0.25) is 4.57 Å². The van der Waals surface area contributed by atoms with Crippen LogP contribution < -0.4 is 11.4 Å². The normalized spacial score (nSPS) is 24.1. The van der Waals surface area contributed by atoms with Gasteiger partial charge in [-0.15, -0.1) is 0 Å². The summed E-state index contributed by atoms with van der Waals surface area (Å²) in [4.78, 5) is 21.1. The highest BCUT2D eigenvalue weighted by molar-refractivity contribution is 5.72. The van der Waals surface area contributed by atoms with Crippen molar-refractivity contribution >= 4 is 17.1 Å². The number of nitrogens with two attached hydrogens (primary N) is 1. The Morgan fingerprint density at radius 2 is 2.07 bits per heavy atom. The first kappa shape index (κ1) is 19.0. The van der Waals surface area contributed by atoms with Crippen molar-refractivity contribution in [1.82, 2.24) is 19.1 Å². The molecule has 2 aromatic heterocycles. The van der Waals surface area contributed by atoms with Crippen LogP contribution in [-0.2, 0) is 11.3 Å². The summed E-state index contributed by atoms with van der Waals surface area (Å²) < 4.78 is 22.0. The molecule has 0 saturated carbocycles. The van der Waals surface area contributed by atoms with Crippen LogP contribution in [0, 0.1) is 11.3 Å². The molecular weight excluding hydrogens is 383 g/mol. The smallest absolute Gasteiger partial charge is 0.332 e. The summed E-state index contributed by atoms with van der Waals surface area (Å²) in [7, 11) is 0. The minimum absolute atomic E-state index is 0.0750. The van der Waals surface area contributed by atoms with E-state index in [0.29, 0.717) is 11.1 Å². The van der Waals surface area contributed by atoms with E-state index in [0.717, 1.165) is 10.1 Å². The summed E-state index contributed by atoms with van der Waals surface area (Å²) in [5, 5.41) is 28.4. The maximum atomic E-state index is 14.2. The average Bonchev–Trinajstić information content (AvgIpc) is 3.15. The quantitative estimate of drug-likeness (QED) is 0.539. The molecule has 150 valence electrons. The Labute approximate surface area is 163 Å². The Balaban J connectivity index is 1.83. The Morgan fingerprint density at radius 1 is 1.34 bits per heavy atom. The minimum Gasteiger partial charge on any atom is -0.394 e. The molecule has 1 aliphatic heterocycles. The number of nitrogen functional groups attached to an aromatic ring is 1. The summed E-state index contributed by atoms with van der Waals surface area (Å²) in [6.45, 7) is -0.531. The van der Waals surface area contributed by atoms with Crippen molar-refractivity contribution in [3.63, 3.8) is 0 Å². The van der Waals surface area contributed by atoms with Gasteiger partial charge in [0, 0.05) is 0 Å². The van der Waals surface area contributed by atoms with Crippen molar-refractivity contribution < 1.29 is 19.3 Å². The molecule has 1 aliphatic rings. The van der Waals surface area contributed by atoms with Gasteiger partial charge >= 0.3 is 5.69 Å². The molecule has 1 aromatic carbocycles. The van der Waals surface area contributed by atoms with Crippen LogP contribution in [0.25, 0.3) is 11.2 Å². The lowest BCUT2D eigenvalue weighted by molar-refractivity contribution is -0.0513. The molecule has 10 nitrogen and oxygen atoms in total. The SMILES string of the molecule is N#Cc1ccc(Cn2c(=O)n([C@@H]3O[C@H](CO)[C@@H](F)[C@H]3O)c3nc(N)ncc32)cc1. The molecule has 3 heterocycles. The monoisotopic (exact) mass is 400 g/mol. The molecule has 0 aliphatic carbocycles. The maximum Gasteiger partial charge on any atom is 0.332 e. The lowest BCUT2D eigenvalue weighted by Gasteiger charge is -2.15. The van der Waals surface area contributed by atoms with E-state index >= 15 is 0 Å². The van der Waals surface area contributed by atoms with Gasteiger partial charge < -0.3 is 20.7 Å². The summed E-state index contributed by atoms with van der Waals surface area (Å²) in [5.41, 5.74) is 6.64. The third-order valence-electron chi connectivity index (χ3n) is 4.87. The second-order valence-corrected chi connectivity index (χ2v) is 6.67. The number of benzene rings is 1. The lowest BCUT2D eigenvalue weighted by atomic mass is 10.1. The number of hydrogen-bond donors (Lipinski definition) is 3. The third-order valence-corrected chi connectivity index (χ3v) is 4.87. The number of halogens is 1. The number of hydrogen-bond acceptors (Lipinski definition) is 8. The standard InChI is InChI=1S/C18H17FN6O4/c19-13-12(8-26)29-16(14(13)27)25-15-11(6-22-17(21)23-15)24(18(25)28)7-10-3-1-9(5-20)2-4-10/h1-4,6,12-14,16,26-27H,7-8H2,(H2,21,22,23)/t12-,13-,14-,16-/m1/s1. The molecule has 0 amide bonds. The highest BCUT2D eigenvalue weighted by atomic mass is 19.1. The summed E-state index contributed by atoms with van der Waals surface area (Å²) in [6.07, 6.45) is -4.83. The molecule has 0 bridgehead atoms. The van der Waals surface area contributed by atoms with Crippen LogP contribution in [-0.4, -0.2) is 54.3 Å². The van der Waals surface area contributed by atoms with E-state index in [-0.39, 0.29) is 18.1 Å². The predicted octanol–water partition coefficient (Wildman–Crippen LogP) is -0.316. The molecular formula is C18H17FN6O4. The number of rotatable bonds is 4. The molecule has 4 rings (SSSR count). The maximum absolute atomic E-state index is 14.2. The van der Waals surface area contributed by atoms with Crippen LogP contribution in [0.1, 0.15) is 17.4 Å². The van der Waals surface area contributed by atoms with E-state index in [1.54, 1.807) is 24.3 Å². The second kappa shape index (κ2) is 7.25. The first-order valence-electron chi connectivity index (χ1n) is 8.75. The van der Waals surface area contributed by atoms with E-state index in [4.69, 9.17) is 15.7 Å². The zero-order valence-corrected chi connectivity index (χ0v) is 15.0. The third kappa shape index (κ3) is 3.13. The molecule has 0 spiro atoms. The van der Waals surface area contributed by atoms with Gasteiger partial charge in [0.1, 0.15) is 17.7 Å². The largest absolute Gasteiger partial charge is 0.394 e. The number of imidazole rings is 1. The van der Waals surface area contributed by atoms with E-state index in [1.165, 1.54) is 10.8 Å². The van der Waals surface area contributed by atoms with E-state index < -0.39 is 36.9 Å². The molecule has 4 N–H and O–H groups in total. The lowest BCUT2D eigenvalue weighted by Crippen LogP contribution is -2.34. The second-order valence-electron chi connectivity index (χ2n) is 6.67. The molecule has 4 atom stereocenters. The van der Waals surface area contributed by atoms with E-state index in [9.17, 15) is 19.4 Å². The van der Waals surface area contributed by atoms with E-state index in [2.05, 4.69) is 9.97 Å². The van der Waals surface area contributed by atoms with E-state index in [1.807, 2.05) is 6.07 Å². The number of anilines is 1. The zero-order chi connectivity index (χ0) is 20.7. The van der Waals surface area contributed by atoms with Gasteiger partial charge in [0.25, 0.3) is 0 Å². The van der Waals surface area contributed by atoms with Crippen LogP contribution in [0.2, 0.25) is 0 Å². The van der Waals surface area contributed by atoms with Crippen LogP contribution in [0.15, 0.2) is 35.3 Å². The van der Waals surface area contributed by atoms with Gasteiger partial charge in [0.15, 0.2) is 18.0 Å². The predicted molar refractivity (Wildman–Crippen MR) is 98.4 cm³/mol. The minimum atomic E-state index is -1.87. The van der Waals surface area contributed by atoms with Crippen molar-refractivity contribution in [2.75, 3.05) is 12.3 Å². The fourth-order valence-electron chi connectivity index (χ4n) is 3.39. The van der Waals surface area contributed by atoms with Gasteiger partial charge in [-0.1, -0.05) is 12.1 Å². The number of aliphatic hydroxyl groups excluding tert-OH is 2. The molecule has 1 fully saturated rings. The molecule has 0 radical (unpaired) electrons. The number of nitriles is 1. The van der Waals surface area contributed by atoms with Crippen LogP contribution in [0.4, 0.5) is 10.3 Å². The van der Waals surface area contributed by atoms with Crippen molar-refractivity contribution in [1.29, 1.82) is 5.26 Å². The fourth-order valence-corrected chi connectivity index (χ4v) is 3.39. The fraction of sp³-hybridized carbons (Fsp3) is 0.333. The molecule has 0 unspecified atom stereocenters. The van der Waals surface area contributed by atoms with Gasteiger partial charge in [-0.2, -0.15) is 10.2 Å². The molecule has 29 heavy (non-hydrogen) atoms. The van der Waals surface area contributed by atoms with Crippen molar-refractivity contribution in [2.45, 2.75) is 31.2 Å². The van der Waals surface area contributed by atoms with Crippen molar-refractivity contribution in [3.8, 4) is 6.07 Å². The molecule has 3 aromatic rings. The van der Waals surface area contributed by atoms with Crippen molar-refractivity contribution in [2.24, 2.45) is 0 Å². The zero-order valence-electron chi connectivity index (χ0n) is 15.0. The number of aliphatic hydroxyl groups is 2. The molecule has 11 heteroatoms. The van der Waals surface area contributed by atoms with Gasteiger partial charge in [-0.05, 0) is 17.7 Å². The van der Waals surface area contributed by atoms with Gasteiger partial charge in [0.2, 0.25) is 5.95 Å². The Morgan fingerprint density at radius 3 is 2.69 bits per heavy atom. The Bertz CT molecular complexity index is 1150. The molecule has 1 saturated heterocycles. The van der Waals surface area contributed by atoms with Crippen LogP contribution in [0.3, 0.4) is 0 Å². The van der Waals surface area contributed by atoms with Gasteiger partial charge in [-0.25, -0.2) is 18.7 Å². The highest BCUT2D eigenvalue weighted by Gasteiger charge is 2.46. The highest BCUT2D eigenvalue weighted by Crippen LogP contribution is 2.32. The number of fused-ring (bicyclic) bond motifs is 1. The number of nitrogens with zero attached hydrogens (tertiary/aromatic N) is 5. The number of aromatic nitrogens is 4. The number of ether oxygens (including phenoxy) is 1. The van der Waals surface area contributed by atoms with Gasteiger partial charge in [0.05, 0.1) is 31.0 Å². The summed E-state index contributed by atoms with van der Waals surface area (Å²) in [6, 6.07) is 8.67. The van der Waals surface area contributed by atoms with Crippen LogP contribution >= 0.6 is 0 Å². The van der Waals surface area contributed by atoms with Crippen LogP contribution in [0.5, 0.6) is 0 Å². The average molecular weight is 400 g/mol. The summed E-state index contributed by atoms with van der Waals surface area (Å²) in [5.74, 6) is -0.107. The first-order chi connectivity index (χ1) is 13.9. The topological polar surface area (TPSA) is 152 Å². The Hall–Kier alpha value is -3.33.